The maximum Gasteiger partial charge on any atom is 0.210 e. The predicted octanol–water partition coefficient (Wildman–Crippen LogP) is 5.92. The van der Waals surface area contributed by atoms with Gasteiger partial charge < -0.3 is 0 Å². The fraction of sp³-hybridized carbons (Fsp3) is 0.0385. The molecule has 4 aromatic carbocycles. The van der Waals surface area contributed by atoms with Crippen LogP contribution in [0.2, 0.25) is 0 Å². The van der Waals surface area contributed by atoms with Crippen molar-refractivity contribution >= 4 is 21.5 Å². The van der Waals surface area contributed by atoms with Gasteiger partial charge >= 0.3 is 0 Å². The fourth-order valence-corrected chi connectivity index (χ4v) is 4.05. The molecule has 128 valence electrons. The average Bonchev–Trinajstić information content (AvgIpc) is 2.75. The Morgan fingerprint density at radius 2 is 0.926 bits per heavy atom. The largest absolute Gasteiger partial charge is 0.210 e. The molecule has 0 unspecified atom stereocenters. The first-order valence-electron chi connectivity index (χ1n) is 9.33. The zero-order chi connectivity index (χ0) is 18.1. The van der Waals surface area contributed by atoms with Crippen LogP contribution in [0.5, 0.6) is 0 Å². The van der Waals surface area contributed by atoms with Gasteiger partial charge in [0.25, 0.3) is 0 Å². The van der Waals surface area contributed by atoms with E-state index in [0.717, 1.165) is 0 Å². The van der Waals surface area contributed by atoms with E-state index in [1.807, 2.05) is 0 Å². The second-order valence-electron chi connectivity index (χ2n) is 6.86. The summed E-state index contributed by atoms with van der Waals surface area (Å²) >= 11 is 0. The SMILES string of the molecule is c1cc[n+](C(c2cccc3ccccc23)c2cccc3ccccc23)cc1. The Bertz CT molecular complexity index is 1130. The summed E-state index contributed by atoms with van der Waals surface area (Å²) < 4.78 is 2.31. The number of aromatic nitrogens is 1. The normalized spacial score (nSPS) is 11.3. The van der Waals surface area contributed by atoms with Crippen molar-refractivity contribution < 1.29 is 4.57 Å². The van der Waals surface area contributed by atoms with E-state index in [9.17, 15) is 0 Å². The van der Waals surface area contributed by atoms with E-state index in [2.05, 4.69) is 120 Å². The molecule has 27 heavy (non-hydrogen) atoms. The van der Waals surface area contributed by atoms with Crippen molar-refractivity contribution in [1.82, 2.24) is 0 Å². The fourth-order valence-electron chi connectivity index (χ4n) is 4.05. The lowest BCUT2D eigenvalue weighted by molar-refractivity contribution is -0.704. The van der Waals surface area contributed by atoms with Crippen LogP contribution in [0, 0.1) is 0 Å². The predicted molar refractivity (Wildman–Crippen MR) is 112 cm³/mol. The number of nitrogens with zero attached hydrogens (tertiary/aromatic N) is 1. The summed E-state index contributed by atoms with van der Waals surface area (Å²) in [6, 6.07) is 36.9. The van der Waals surface area contributed by atoms with Crippen LogP contribution in [0.25, 0.3) is 21.5 Å². The van der Waals surface area contributed by atoms with Crippen LogP contribution in [-0.4, -0.2) is 0 Å². The lowest BCUT2D eigenvalue weighted by Gasteiger charge is -2.17. The van der Waals surface area contributed by atoms with Crippen LogP contribution in [0.3, 0.4) is 0 Å². The molecular weight excluding hydrogens is 326 g/mol. The van der Waals surface area contributed by atoms with Crippen molar-refractivity contribution in [3.63, 3.8) is 0 Å². The molecule has 5 aromatic rings. The van der Waals surface area contributed by atoms with Crippen molar-refractivity contribution in [3.8, 4) is 0 Å². The van der Waals surface area contributed by atoms with Crippen molar-refractivity contribution in [3.05, 3.63) is 127 Å². The highest BCUT2D eigenvalue weighted by atomic mass is 15.0. The number of hydrogen-bond donors (Lipinski definition) is 0. The Balaban J connectivity index is 1.85. The highest BCUT2D eigenvalue weighted by molar-refractivity contribution is 5.89. The molecule has 0 amide bonds. The molecular formula is C26H20N+. The first kappa shape index (κ1) is 15.8. The molecule has 1 heteroatoms. The zero-order valence-electron chi connectivity index (χ0n) is 15.0. The highest BCUT2D eigenvalue weighted by Crippen LogP contribution is 2.32. The van der Waals surface area contributed by atoms with Crippen molar-refractivity contribution in [2.45, 2.75) is 6.04 Å². The molecule has 5 rings (SSSR count). The summed E-state index contributed by atoms with van der Waals surface area (Å²) in [6.07, 6.45) is 4.32. The van der Waals surface area contributed by atoms with Gasteiger partial charge in [0.1, 0.15) is 0 Å². The summed E-state index contributed by atoms with van der Waals surface area (Å²) in [5, 5.41) is 5.15. The van der Waals surface area contributed by atoms with Gasteiger partial charge in [0, 0.05) is 23.3 Å². The van der Waals surface area contributed by atoms with Crippen LogP contribution >= 0.6 is 0 Å². The smallest absolute Gasteiger partial charge is 0.194 e. The Morgan fingerprint density at radius 3 is 1.48 bits per heavy atom. The molecule has 0 aliphatic carbocycles. The Morgan fingerprint density at radius 1 is 0.444 bits per heavy atom. The van der Waals surface area contributed by atoms with E-state index < -0.39 is 0 Å². The van der Waals surface area contributed by atoms with E-state index >= 15 is 0 Å². The van der Waals surface area contributed by atoms with Crippen LogP contribution in [0.1, 0.15) is 17.2 Å². The second-order valence-corrected chi connectivity index (χ2v) is 6.86. The van der Waals surface area contributed by atoms with Crippen molar-refractivity contribution in [2.75, 3.05) is 0 Å². The number of rotatable bonds is 3. The molecule has 0 spiro atoms. The number of pyridine rings is 1. The molecule has 0 fully saturated rings. The van der Waals surface area contributed by atoms with E-state index in [-0.39, 0.29) is 6.04 Å². The first-order chi connectivity index (χ1) is 13.4. The molecule has 0 atom stereocenters. The lowest BCUT2D eigenvalue weighted by Crippen LogP contribution is -2.40. The van der Waals surface area contributed by atoms with Gasteiger partial charge in [-0.05, 0) is 21.5 Å². The van der Waals surface area contributed by atoms with Gasteiger partial charge in [0.05, 0.1) is 0 Å². The Labute approximate surface area is 159 Å². The van der Waals surface area contributed by atoms with Gasteiger partial charge in [-0.15, -0.1) is 0 Å². The summed E-state index contributed by atoms with van der Waals surface area (Å²) in [4.78, 5) is 0. The van der Waals surface area contributed by atoms with Gasteiger partial charge in [-0.3, -0.25) is 0 Å². The number of hydrogen-bond acceptors (Lipinski definition) is 0. The molecule has 0 aliphatic rings. The van der Waals surface area contributed by atoms with Crippen molar-refractivity contribution in [2.24, 2.45) is 0 Å². The van der Waals surface area contributed by atoms with E-state index in [1.54, 1.807) is 0 Å². The summed E-state index contributed by atoms with van der Waals surface area (Å²) in [6.45, 7) is 0. The lowest BCUT2D eigenvalue weighted by atomic mass is 9.90. The van der Waals surface area contributed by atoms with E-state index in [0.29, 0.717) is 0 Å². The van der Waals surface area contributed by atoms with Gasteiger partial charge in [-0.25, -0.2) is 0 Å². The minimum Gasteiger partial charge on any atom is -0.194 e. The van der Waals surface area contributed by atoms with E-state index in [4.69, 9.17) is 0 Å². The Kier molecular flexibility index (Phi) is 3.91. The summed E-state index contributed by atoms with van der Waals surface area (Å²) in [7, 11) is 0. The van der Waals surface area contributed by atoms with Gasteiger partial charge in [0.15, 0.2) is 12.4 Å². The molecule has 0 radical (unpaired) electrons. The van der Waals surface area contributed by atoms with Crippen LogP contribution in [0.4, 0.5) is 0 Å². The maximum atomic E-state index is 2.31. The number of benzene rings is 4. The quantitative estimate of drug-likeness (QED) is 0.357. The third-order valence-corrected chi connectivity index (χ3v) is 5.27. The van der Waals surface area contributed by atoms with Crippen LogP contribution in [-0.2, 0) is 0 Å². The van der Waals surface area contributed by atoms with Gasteiger partial charge in [-0.2, -0.15) is 4.57 Å². The highest BCUT2D eigenvalue weighted by Gasteiger charge is 2.26. The molecule has 1 nitrogen and oxygen atoms in total. The molecule has 0 bridgehead atoms. The monoisotopic (exact) mass is 346 g/mol. The Hall–Kier alpha value is -3.45. The maximum absolute atomic E-state index is 2.31. The van der Waals surface area contributed by atoms with E-state index in [1.165, 1.54) is 32.7 Å². The average molecular weight is 346 g/mol. The van der Waals surface area contributed by atoms with Gasteiger partial charge in [-0.1, -0.05) is 91.0 Å². The topological polar surface area (TPSA) is 3.88 Å². The minimum absolute atomic E-state index is 0.114. The molecule has 0 N–H and O–H groups in total. The van der Waals surface area contributed by atoms with Crippen LogP contribution in [0.15, 0.2) is 116 Å². The van der Waals surface area contributed by atoms with Crippen molar-refractivity contribution in [1.29, 1.82) is 0 Å². The third kappa shape index (κ3) is 2.78. The van der Waals surface area contributed by atoms with Crippen LogP contribution < -0.4 is 4.57 Å². The minimum atomic E-state index is 0.114. The van der Waals surface area contributed by atoms with Gasteiger partial charge in [0.2, 0.25) is 6.04 Å². The number of fused-ring (bicyclic) bond motifs is 2. The molecule has 1 heterocycles. The first-order valence-corrected chi connectivity index (χ1v) is 9.33. The molecule has 0 aliphatic heterocycles. The summed E-state index contributed by atoms with van der Waals surface area (Å²) in [5.41, 5.74) is 2.64. The standard InChI is InChI=1S/C26H20N/c1-6-18-27(19-7-1)26(24-16-8-12-20-10-2-4-14-22(20)24)25-17-9-13-21-11-3-5-15-23(21)25/h1-19,26H/q+1. The molecule has 0 saturated heterocycles. The third-order valence-electron chi connectivity index (χ3n) is 5.27. The molecule has 0 saturated carbocycles. The zero-order valence-corrected chi connectivity index (χ0v) is 15.0. The molecule has 1 aromatic heterocycles. The second kappa shape index (κ2) is 6.69. The summed E-state index contributed by atoms with van der Waals surface area (Å²) in [5.74, 6) is 0.